The molecule has 0 bridgehead atoms. The molecule has 20 heavy (non-hydrogen) atoms. The van der Waals surface area contributed by atoms with Crippen LogP contribution in [0, 0.1) is 0 Å². The van der Waals surface area contributed by atoms with E-state index in [2.05, 4.69) is 27.8 Å². The van der Waals surface area contributed by atoms with Crippen molar-refractivity contribution in [1.82, 2.24) is 25.5 Å². The Hall–Kier alpha value is -1.15. The van der Waals surface area contributed by atoms with Crippen LogP contribution in [0.15, 0.2) is 5.16 Å². The molecular formula is C12H24N6OS. The number of unbranched alkanes of at least 4 members (excludes halogenated alkanes) is 2. The van der Waals surface area contributed by atoms with Gasteiger partial charge in [-0.25, -0.2) is 4.68 Å². The Bertz CT molecular complexity index is 397. The summed E-state index contributed by atoms with van der Waals surface area (Å²) in [5.74, 6) is 0.338. The van der Waals surface area contributed by atoms with E-state index in [1.54, 1.807) is 4.68 Å². The Morgan fingerprint density at radius 3 is 3.00 bits per heavy atom. The summed E-state index contributed by atoms with van der Waals surface area (Å²) in [6.07, 6.45) is 4.58. The van der Waals surface area contributed by atoms with Crippen molar-refractivity contribution in [3.05, 3.63) is 0 Å². The van der Waals surface area contributed by atoms with Crippen molar-refractivity contribution in [2.75, 3.05) is 12.3 Å². The number of thioether (sulfide) groups is 1. The Labute approximate surface area is 124 Å². The minimum absolute atomic E-state index is 0.0151. The van der Waals surface area contributed by atoms with Gasteiger partial charge in [-0.2, -0.15) is 0 Å². The summed E-state index contributed by atoms with van der Waals surface area (Å²) in [4.78, 5) is 11.8. The zero-order valence-corrected chi connectivity index (χ0v) is 13.0. The zero-order valence-electron chi connectivity index (χ0n) is 12.2. The summed E-state index contributed by atoms with van der Waals surface area (Å²) >= 11 is 1.33. The summed E-state index contributed by atoms with van der Waals surface area (Å²) in [6, 6.07) is 0.217. The average Bonchev–Trinajstić information content (AvgIpc) is 2.84. The smallest absolute Gasteiger partial charge is 0.230 e. The molecule has 1 heterocycles. The van der Waals surface area contributed by atoms with Gasteiger partial charge in [0.15, 0.2) is 0 Å². The van der Waals surface area contributed by atoms with Gasteiger partial charge in [0.25, 0.3) is 0 Å². The number of carbonyl (C=O) groups excluding carboxylic acids is 1. The fourth-order valence-electron chi connectivity index (χ4n) is 1.78. The van der Waals surface area contributed by atoms with Gasteiger partial charge in [-0.1, -0.05) is 37.9 Å². The maximum atomic E-state index is 11.8. The molecule has 1 unspecified atom stereocenters. The minimum atomic E-state index is 0.0151. The van der Waals surface area contributed by atoms with Crippen LogP contribution in [-0.4, -0.2) is 44.5 Å². The normalized spacial score (nSPS) is 12.3. The van der Waals surface area contributed by atoms with Crippen molar-refractivity contribution >= 4 is 17.7 Å². The molecule has 0 spiro atoms. The molecular weight excluding hydrogens is 276 g/mol. The maximum absolute atomic E-state index is 11.8. The Morgan fingerprint density at radius 1 is 1.50 bits per heavy atom. The molecule has 8 heteroatoms. The second kappa shape index (κ2) is 9.71. The van der Waals surface area contributed by atoms with Crippen LogP contribution in [0.2, 0.25) is 0 Å². The molecule has 114 valence electrons. The van der Waals surface area contributed by atoms with Crippen LogP contribution >= 0.6 is 11.8 Å². The van der Waals surface area contributed by atoms with Gasteiger partial charge in [-0.15, -0.1) is 5.10 Å². The van der Waals surface area contributed by atoms with Crippen molar-refractivity contribution in [3.63, 3.8) is 0 Å². The number of nitrogens with one attached hydrogen (secondary N) is 1. The third kappa shape index (κ3) is 6.33. The second-order valence-corrected chi connectivity index (χ2v) is 5.67. The van der Waals surface area contributed by atoms with Gasteiger partial charge in [0.2, 0.25) is 11.1 Å². The summed E-state index contributed by atoms with van der Waals surface area (Å²) in [7, 11) is 0. The molecule has 0 aliphatic heterocycles. The molecule has 3 N–H and O–H groups in total. The van der Waals surface area contributed by atoms with E-state index in [4.69, 9.17) is 5.73 Å². The van der Waals surface area contributed by atoms with E-state index in [0.717, 1.165) is 12.8 Å². The molecule has 1 aromatic rings. The maximum Gasteiger partial charge on any atom is 0.230 e. The summed E-state index contributed by atoms with van der Waals surface area (Å²) in [6.45, 7) is 5.24. The largest absolute Gasteiger partial charge is 0.353 e. The number of hydrogen-bond acceptors (Lipinski definition) is 6. The number of hydrogen-bond donors (Lipinski definition) is 2. The molecule has 0 saturated carbocycles. The van der Waals surface area contributed by atoms with Crippen LogP contribution in [0.4, 0.5) is 0 Å². The number of rotatable bonds is 10. The quantitative estimate of drug-likeness (QED) is 0.490. The lowest BCUT2D eigenvalue weighted by Crippen LogP contribution is -2.33. The van der Waals surface area contributed by atoms with Crippen molar-refractivity contribution in [2.24, 2.45) is 5.73 Å². The average molecular weight is 300 g/mol. The van der Waals surface area contributed by atoms with Gasteiger partial charge in [0.05, 0.1) is 12.3 Å². The highest BCUT2D eigenvalue weighted by molar-refractivity contribution is 7.99. The van der Waals surface area contributed by atoms with Gasteiger partial charge in [0.1, 0.15) is 0 Å². The lowest BCUT2D eigenvalue weighted by Gasteiger charge is -2.13. The lowest BCUT2D eigenvalue weighted by molar-refractivity contribution is -0.119. The van der Waals surface area contributed by atoms with Crippen LogP contribution in [-0.2, 0) is 11.3 Å². The van der Waals surface area contributed by atoms with Crippen LogP contribution in [0.25, 0.3) is 0 Å². The Kier molecular flexibility index (Phi) is 8.20. The van der Waals surface area contributed by atoms with E-state index in [9.17, 15) is 4.79 Å². The number of tetrazole rings is 1. The molecule has 0 fully saturated rings. The van der Waals surface area contributed by atoms with Gasteiger partial charge in [-0.05, 0) is 23.8 Å². The van der Waals surface area contributed by atoms with Gasteiger partial charge >= 0.3 is 0 Å². The first-order valence-corrected chi connectivity index (χ1v) is 8.04. The lowest BCUT2D eigenvalue weighted by atomic mass is 10.1. The highest BCUT2D eigenvalue weighted by atomic mass is 32.2. The molecule has 1 rings (SSSR count). The van der Waals surface area contributed by atoms with Crippen molar-refractivity contribution in [2.45, 2.75) is 57.3 Å². The van der Waals surface area contributed by atoms with Crippen LogP contribution < -0.4 is 11.1 Å². The number of aromatic nitrogens is 4. The van der Waals surface area contributed by atoms with Gasteiger partial charge in [-0.3, -0.25) is 4.79 Å². The summed E-state index contributed by atoms with van der Waals surface area (Å²) in [5, 5.41) is 14.9. The summed E-state index contributed by atoms with van der Waals surface area (Å²) in [5.41, 5.74) is 5.46. The SMILES string of the molecule is CCCCCC(C)NC(=O)CSc1nnnn1CCN. The molecule has 0 aliphatic rings. The fourth-order valence-corrected chi connectivity index (χ4v) is 2.50. The van der Waals surface area contributed by atoms with E-state index < -0.39 is 0 Å². The first-order valence-electron chi connectivity index (χ1n) is 7.05. The first-order chi connectivity index (χ1) is 9.67. The highest BCUT2D eigenvalue weighted by Gasteiger charge is 2.11. The van der Waals surface area contributed by atoms with Gasteiger partial charge < -0.3 is 11.1 Å². The van der Waals surface area contributed by atoms with Crippen LogP contribution in [0.5, 0.6) is 0 Å². The Balaban J connectivity index is 2.26. The number of carbonyl (C=O) groups is 1. The number of nitrogens with zero attached hydrogens (tertiary/aromatic N) is 4. The van der Waals surface area contributed by atoms with E-state index >= 15 is 0 Å². The molecule has 0 aliphatic carbocycles. The molecule has 1 aromatic heterocycles. The van der Waals surface area contributed by atoms with Crippen molar-refractivity contribution in [1.29, 1.82) is 0 Å². The first kappa shape index (κ1) is 16.9. The highest BCUT2D eigenvalue weighted by Crippen LogP contribution is 2.13. The molecule has 1 amide bonds. The summed E-state index contributed by atoms with van der Waals surface area (Å²) < 4.78 is 1.61. The standard InChI is InChI=1S/C12H24N6OS/c1-3-4-5-6-10(2)14-11(19)9-20-12-15-16-17-18(12)8-7-13/h10H,3-9,13H2,1-2H3,(H,14,19). The predicted octanol–water partition coefficient (Wildman–Crippen LogP) is 0.809. The minimum Gasteiger partial charge on any atom is -0.353 e. The van der Waals surface area contributed by atoms with E-state index in [0.29, 0.717) is 24.0 Å². The molecule has 0 radical (unpaired) electrons. The van der Waals surface area contributed by atoms with E-state index in [1.807, 2.05) is 6.92 Å². The third-order valence-corrected chi connectivity index (χ3v) is 3.78. The fraction of sp³-hybridized carbons (Fsp3) is 0.833. The number of nitrogens with two attached hydrogens (primary N) is 1. The topological polar surface area (TPSA) is 98.7 Å². The Morgan fingerprint density at radius 2 is 2.30 bits per heavy atom. The third-order valence-electron chi connectivity index (χ3n) is 2.82. The van der Waals surface area contributed by atoms with Crippen molar-refractivity contribution in [3.8, 4) is 0 Å². The molecule has 0 saturated heterocycles. The molecule has 7 nitrogen and oxygen atoms in total. The van der Waals surface area contributed by atoms with E-state index in [1.165, 1.54) is 24.6 Å². The van der Waals surface area contributed by atoms with Crippen LogP contribution in [0.3, 0.4) is 0 Å². The monoisotopic (exact) mass is 300 g/mol. The van der Waals surface area contributed by atoms with Crippen LogP contribution in [0.1, 0.15) is 39.5 Å². The van der Waals surface area contributed by atoms with Crippen molar-refractivity contribution < 1.29 is 4.79 Å². The predicted molar refractivity (Wildman–Crippen MR) is 79.3 cm³/mol. The van der Waals surface area contributed by atoms with Gasteiger partial charge in [0, 0.05) is 12.6 Å². The molecule has 1 atom stereocenters. The van der Waals surface area contributed by atoms with E-state index in [-0.39, 0.29) is 11.9 Å². The number of amides is 1. The molecule has 0 aromatic carbocycles. The second-order valence-electron chi connectivity index (χ2n) is 4.73. The zero-order chi connectivity index (χ0) is 14.8.